The van der Waals surface area contributed by atoms with Crippen LogP contribution in [0, 0.1) is 0 Å². The lowest BCUT2D eigenvalue weighted by Gasteiger charge is -2.32. The topological polar surface area (TPSA) is 99.8 Å². The first kappa shape index (κ1) is 15.8. The molecule has 0 spiro atoms. The highest BCUT2D eigenvalue weighted by Gasteiger charge is 2.28. The molecule has 8 heteroatoms. The number of imidazole rings is 1. The van der Waals surface area contributed by atoms with E-state index in [1.54, 1.807) is 17.3 Å². The van der Waals surface area contributed by atoms with Crippen molar-refractivity contribution < 1.29 is 9.53 Å². The third-order valence-electron chi connectivity index (χ3n) is 4.36. The number of hydrogen-bond acceptors (Lipinski definition) is 5. The zero-order valence-electron chi connectivity index (χ0n) is 14.2. The number of morpholine rings is 1. The molecule has 1 fully saturated rings. The number of rotatable bonds is 3. The number of nitrogens with one attached hydrogen (secondary N) is 2. The second kappa shape index (κ2) is 6.29. The third kappa shape index (κ3) is 3.00. The van der Waals surface area contributed by atoms with E-state index in [2.05, 4.69) is 25.1 Å². The number of nitrogens with zero attached hydrogens (tertiary/aromatic N) is 4. The maximum absolute atomic E-state index is 12.8. The number of aromatic amines is 2. The van der Waals surface area contributed by atoms with Gasteiger partial charge in [0.25, 0.3) is 5.91 Å². The summed E-state index contributed by atoms with van der Waals surface area (Å²) in [5.74, 6) is 1.65. The summed E-state index contributed by atoms with van der Waals surface area (Å²) in [6.45, 7) is 5.56. The predicted octanol–water partition coefficient (Wildman–Crippen LogP) is 2.02. The average molecular weight is 340 g/mol. The van der Waals surface area contributed by atoms with E-state index in [-0.39, 0.29) is 17.9 Å². The van der Waals surface area contributed by atoms with Gasteiger partial charge in [0.1, 0.15) is 6.10 Å². The van der Waals surface area contributed by atoms with Crippen LogP contribution in [0.25, 0.3) is 11.0 Å². The van der Waals surface area contributed by atoms with Crippen molar-refractivity contribution in [2.45, 2.75) is 25.9 Å². The molecule has 0 radical (unpaired) electrons. The predicted molar refractivity (Wildman–Crippen MR) is 91.2 cm³/mol. The third-order valence-corrected chi connectivity index (χ3v) is 4.36. The fourth-order valence-corrected chi connectivity index (χ4v) is 2.94. The summed E-state index contributed by atoms with van der Waals surface area (Å²) in [6, 6.07) is 5.49. The number of carbonyl (C=O) groups is 1. The molecule has 0 saturated carbocycles. The average Bonchev–Trinajstić information content (AvgIpc) is 3.30. The first-order valence-electron chi connectivity index (χ1n) is 8.38. The van der Waals surface area contributed by atoms with Crippen molar-refractivity contribution in [1.82, 2.24) is 30.0 Å². The Labute approximate surface area is 144 Å². The van der Waals surface area contributed by atoms with Crippen molar-refractivity contribution >= 4 is 16.9 Å². The number of H-pyrrole nitrogens is 2. The lowest BCUT2D eigenvalue weighted by Crippen LogP contribution is -2.42. The van der Waals surface area contributed by atoms with Gasteiger partial charge in [-0.3, -0.25) is 9.89 Å². The molecule has 0 unspecified atom stereocenters. The number of ether oxygens (including phenoxy) is 1. The van der Waals surface area contributed by atoms with E-state index in [9.17, 15) is 4.79 Å². The van der Waals surface area contributed by atoms with Gasteiger partial charge in [0, 0.05) is 18.0 Å². The Morgan fingerprint density at radius 3 is 3.08 bits per heavy atom. The molecule has 3 heterocycles. The van der Waals surface area contributed by atoms with E-state index in [1.807, 2.05) is 26.0 Å². The zero-order valence-corrected chi connectivity index (χ0v) is 14.2. The van der Waals surface area contributed by atoms with Gasteiger partial charge in [-0.2, -0.15) is 5.10 Å². The second-order valence-corrected chi connectivity index (χ2v) is 6.48. The molecule has 8 nitrogen and oxygen atoms in total. The van der Waals surface area contributed by atoms with Crippen LogP contribution in [-0.2, 0) is 4.74 Å². The lowest BCUT2D eigenvalue weighted by atomic mass is 10.1. The van der Waals surface area contributed by atoms with Gasteiger partial charge in [-0.05, 0) is 18.2 Å². The van der Waals surface area contributed by atoms with Crippen molar-refractivity contribution in [2.75, 3.05) is 19.7 Å². The summed E-state index contributed by atoms with van der Waals surface area (Å²) in [5.41, 5.74) is 2.34. The fraction of sp³-hybridized carbons (Fsp3) is 0.412. The number of fused-ring (bicyclic) bond motifs is 1. The molecule has 25 heavy (non-hydrogen) atoms. The highest BCUT2D eigenvalue weighted by atomic mass is 16.5. The molecular weight excluding hydrogens is 320 g/mol. The largest absolute Gasteiger partial charge is 0.367 e. The van der Waals surface area contributed by atoms with Gasteiger partial charge < -0.3 is 14.6 Å². The van der Waals surface area contributed by atoms with Crippen LogP contribution in [-0.4, -0.2) is 55.7 Å². The molecule has 1 aromatic carbocycles. The molecule has 0 aliphatic carbocycles. The van der Waals surface area contributed by atoms with Crippen molar-refractivity contribution in [3.63, 3.8) is 0 Å². The minimum absolute atomic E-state index is 0.0200. The van der Waals surface area contributed by atoms with E-state index in [1.165, 1.54) is 0 Å². The highest BCUT2D eigenvalue weighted by Crippen LogP contribution is 2.22. The summed E-state index contributed by atoms with van der Waals surface area (Å²) in [4.78, 5) is 26.3. The molecule has 0 bridgehead atoms. The van der Waals surface area contributed by atoms with Crippen molar-refractivity contribution in [3.8, 4) is 0 Å². The Morgan fingerprint density at radius 2 is 2.28 bits per heavy atom. The fourth-order valence-electron chi connectivity index (χ4n) is 2.94. The molecule has 1 saturated heterocycles. The number of aromatic nitrogens is 5. The quantitative estimate of drug-likeness (QED) is 0.760. The Kier molecular flexibility index (Phi) is 3.96. The standard InChI is InChI=1S/C17H20N6O2/c1-10(2)15-20-16(22-21-15)14-8-23(5-6-25-14)17(24)11-3-4-12-13(7-11)19-9-18-12/h3-4,7,9-10,14H,5-6,8H2,1-2H3,(H,18,19)(H,20,21,22)/t14-/m0/s1. The zero-order chi connectivity index (χ0) is 17.4. The van der Waals surface area contributed by atoms with Gasteiger partial charge in [0.05, 0.1) is 30.5 Å². The Hall–Kier alpha value is -2.74. The Balaban J connectivity index is 1.52. The van der Waals surface area contributed by atoms with Crippen molar-refractivity contribution in [2.24, 2.45) is 0 Å². The summed E-state index contributed by atoms with van der Waals surface area (Å²) >= 11 is 0. The van der Waals surface area contributed by atoms with Crippen molar-refractivity contribution in [3.05, 3.63) is 41.7 Å². The lowest BCUT2D eigenvalue weighted by molar-refractivity contribution is -0.0266. The van der Waals surface area contributed by atoms with Gasteiger partial charge >= 0.3 is 0 Å². The van der Waals surface area contributed by atoms with Gasteiger partial charge in [0.2, 0.25) is 0 Å². The number of carbonyl (C=O) groups excluding carboxylic acids is 1. The minimum Gasteiger partial charge on any atom is -0.367 e. The van der Waals surface area contributed by atoms with Crippen LogP contribution in [0.4, 0.5) is 0 Å². The van der Waals surface area contributed by atoms with Gasteiger partial charge in [-0.1, -0.05) is 13.8 Å². The van der Waals surface area contributed by atoms with E-state index in [4.69, 9.17) is 4.74 Å². The van der Waals surface area contributed by atoms with Crippen molar-refractivity contribution in [1.29, 1.82) is 0 Å². The number of benzene rings is 1. The van der Waals surface area contributed by atoms with Crippen LogP contribution >= 0.6 is 0 Å². The van der Waals surface area contributed by atoms with Gasteiger partial charge in [-0.15, -0.1) is 0 Å². The molecule has 2 N–H and O–H groups in total. The summed E-state index contributed by atoms with van der Waals surface area (Å²) < 4.78 is 5.79. The molecule has 1 atom stereocenters. The Morgan fingerprint density at radius 1 is 1.40 bits per heavy atom. The first-order valence-corrected chi connectivity index (χ1v) is 8.38. The molecule has 4 rings (SSSR count). The summed E-state index contributed by atoms with van der Waals surface area (Å²) in [7, 11) is 0. The monoisotopic (exact) mass is 340 g/mol. The number of hydrogen-bond donors (Lipinski definition) is 2. The van der Waals surface area contributed by atoms with Gasteiger partial charge in [0.15, 0.2) is 11.6 Å². The van der Waals surface area contributed by atoms with E-state index in [0.29, 0.717) is 31.1 Å². The van der Waals surface area contributed by atoms with E-state index < -0.39 is 0 Å². The SMILES string of the molecule is CC(C)c1n[nH]c([C@@H]2CN(C(=O)c3ccc4nc[nH]c4c3)CCO2)n1. The summed E-state index contributed by atoms with van der Waals surface area (Å²) in [6.07, 6.45) is 1.34. The molecular formula is C17H20N6O2. The molecule has 130 valence electrons. The second-order valence-electron chi connectivity index (χ2n) is 6.48. The van der Waals surface area contributed by atoms with E-state index in [0.717, 1.165) is 16.9 Å². The minimum atomic E-state index is -0.284. The smallest absolute Gasteiger partial charge is 0.254 e. The van der Waals surface area contributed by atoms with Crippen LogP contribution in [0.1, 0.15) is 47.9 Å². The Bertz CT molecular complexity index is 899. The van der Waals surface area contributed by atoms with Crippen LogP contribution in [0.5, 0.6) is 0 Å². The molecule has 1 aliphatic rings. The van der Waals surface area contributed by atoms with Crippen LogP contribution < -0.4 is 0 Å². The molecule has 3 aromatic rings. The maximum atomic E-state index is 12.8. The van der Waals surface area contributed by atoms with E-state index >= 15 is 0 Å². The van der Waals surface area contributed by atoms with Crippen LogP contribution in [0.15, 0.2) is 24.5 Å². The van der Waals surface area contributed by atoms with Crippen LogP contribution in [0.2, 0.25) is 0 Å². The normalized spacial score (nSPS) is 18.2. The summed E-state index contributed by atoms with van der Waals surface area (Å²) in [5, 5.41) is 7.16. The molecule has 1 amide bonds. The first-order chi connectivity index (χ1) is 12.1. The number of amides is 1. The highest BCUT2D eigenvalue weighted by molar-refractivity contribution is 5.97. The maximum Gasteiger partial charge on any atom is 0.254 e. The van der Waals surface area contributed by atoms with Gasteiger partial charge in [-0.25, -0.2) is 9.97 Å². The van der Waals surface area contributed by atoms with Crippen LogP contribution in [0.3, 0.4) is 0 Å². The molecule has 1 aliphatic heterocycles. The molecule has 2 aromatic heterocycles.